The molecule has 5 nitrogen and oxygen atoms in total. The smallest absolute Gasteiger partial charge is 0.252 e. The molecule has 1 atom stereocenters. The zero-order valence-corrected chi connectivity index (χ0v) is 14.0. The SMILES string of the molecule is CCCS(=O)(=O)c1ccccc1C(=O)NCCC(C)N.Cl. The van der Waals surface area contributed by atoms with E-state index >= 15 is 0 Å². The number of hydrogen-bond donors (Lipinski definition) is 2. The Hall–Kier alpha value is -1.11. The minimum Gasteiger partial charge on any atom is -0.352 e. The fourth-order valence-corrected chi connectivity index (χ4v) is 3.35. The zero-order valence-electron chi connectivity index (χ0n) is 12.3. The van der Waals surface area contributed by atoms with Crippen molar-refractivity contribution in [1.82, 2.24) is 5.32 Å². The Morgan fingerprint density at radius 3 is 2.52 bits per heavy atom. The van der Waals surface area contributed by atoms with E-state index in [0.29, 0.717) is 19.4 Å². The van der Waals surface area contributed by atoms with E-state index in [1.54, 1.807) is 19.1 Å². The molecule has 0 saturated heterocycles. The van der Waals surface area contributed by atoms with Gasteiger partial charge in [0, 0.05) is 12.6 Å². The summed E-state index contributed by atoms with van der Waals surface area (Å²) in [5.74, 6) is -0.335. The minimum atomic E-state index is -3.41. The summed E-state index contributed by atoms with van der Waals surface area (Å²) in [4.78, 5) is 12.2. The molecule has 0 bridgehead atoms. The fraction of sp³-hybridized carbons (Fsp3) is 0.500. The van der Waals surface area contributed by atoms with Crippen molar-refractivity contribution in [1.29, 1.82) is 0 Å². The lowest BCUT2D eigenvalue weighted by Crippen LogP contribution is -2.30. The van der Waals surface area contributed by atoms with E-state index in [9.17, 15) is 13.2 Å². The van der Waals surface area contributed by atoms with Crippen molar-refractivity contribution in [2.45, 2.75) is 37.6 Å². The number of sulfone groups is 1. The Kier molecular flexibility index (Phi) is 8.54. The summed E-state index contributed by atoms with van der Waals surface area (Å²) in [6.07, 6.45) is 1.17. The van der Waals surface area contributed by atoms with Crippen LogP contribution in [0.1, 0.15) is 37.0 Å². The van der Waals surface area contributed by atoms with E-state index in [1.165, 1.54) is 12.1 Å². The molecule has 0 fully saturated rings. The second kappa shape index (κ2) is 9.02. The van der Waals surface area contributed by atoms with Crippen LogP contribution in [0, 0.1) is 0 Å². The van der Waals surface area contributed by atoms with Crippen molar-refractivity contribution < 1.29 is 13.2 Å². The molecular formula is C14H23ClN2O3S. The number of carbonyl (C=O) groups excluding carboxylic acids is 1. The van der Waals surface area contributed by atoms with Gasteiger partial charge in [-0.2, -0.15) is 0 Å². The maximum Gasteiger partial charge on any atom is 0.252 e. The largest absolute Gasteiger partial charge is 0.352 e. The Labute approximate surface area is 132 Å². The van der Waals surface area contributed by atoms with E-state index < -0.39 is 9.84 Å². The Morgan fingerprint density at radius 2 is 1.95 bits per heavy atom. The van der Waals surface area contributed by atoms with Gasteiger partial charge in [0.1, 0.15) is 0 Å². The zero-order chi connectivity index (χ0) is 15.2. The molecule has 1 unspecified atom stereocenters. The van der Waals surface area contributed by atoms with Crippen LogP contribution >= 0.6 is 12.4 Å². The highest BCUT2D eigenvalue weighted by Gasteiger charge is 2.21. The lowest BCUT2D eigenvalue weighted by Gasteiger charge is -2.11. The molecule has 0 saturated carbocycles. The highest BCUT2D eigenvalue weighted by molar-refractivity contribution is 7.91. The van der Waals surface area contributed by atoms with Crippen LogP contribution in [-0.4, -0.2) is 32.7 Å². The molecule has 0 radical (unpaired) electrons. The quantitative estimate of drug-likeness (QED) is 0.795. The Morgan fingerprint density at radius 1 is 1.33 bits per heavy atom. The van der Waals surface area contributed by atoms with Crippen LogP contribution in [0.15, 0.2) is 29.2 Å². The molecule has 0 aliphatic rings. The first-order valence-electron chi connectivity index (χ1n) is 6.74. The molecule has 1 rings (SSSR count). The number of halogens is 1. The number of nitrogens with two attached hydrogens (primary N) is 1. The van der Waals surface area contributed by atoms with Crippen molar-refractivity contribution in [2.75, 3.05) is 12.3 Å². The van der Waals surface area contributed by atoms with Gasteiger partial charge in [-0.15, -0.1) is 12.4 Å². The van der Waals surface area contributed by atoms with Gasteiger partial charge in [-0.1, -0.05) is 19.1 Å². The lowest BCUT2D eigenvalue weighted by molar-refractivity contribution is 0.0949. The van der Waals surface area contributed by atoms with Crippen LogP contribution in [0.4, 0.5) is 0 Å². The topological polar surface area (TPSA) is 89.3 Å². The molecule has 0 spiro atoms. The van der Waals surface area contributed by atoms with Crippen LogP contribution in [-0.2, 0) is 9.84 Å². The van der Waals surface area contributed by atoms with E-state index in [2.05, 4.69) is 5.32 Å². The lowest BCUT2D eigenvalue weighted by atomic mass is 10.2. The predicted molar refractivity (Wildman–Crippen MR) is 86.6 cm³/mol. The first kappa shape index (κ1) is 19.9. The van der Waals surface area contributed by atoms with Gasteiger partial charge in [0.05, 0.1) is 16.2 Å². The molecule has 0 aliphatic carbocycles. The van der Waals surface area contributed by atoms with Gasteiger partial charge in [0.15, 0.2) is 9.84 Å². The molecule has 120 valence electrons. The molecule has 1 amide bonds. The molecule has 1 aromatic carbocycles. The van der Waals surface area contributed by atoms with Gasteiger partial charge in [-0.05, 0) is 31.9 Å². The number of carbonyl (C=O) groups is 1. The molecule has 1 aromatic rings. The summed E-state index contributed by atoms with van der Waals surface area (Å²) in [7, 11) is -3.41. The van der Waals surface area contributed by atoms with Crippen molar-refractivity contribution >= 4 is 28.2 Å². The molecule has 3 N–H and O–H groups in total. The van der Waals surface area contributed by atoms with Gasteiger partial charge >= 0.3 is 0 Å². The average molecular weight is 335 g/mol. The summed E-state index contributed by atoms with van der Waals surface area (Å²) < 4.78 is 24.3. The molecule has 0 aliphatic heterocycles. The second-order valence-corrected chi connectivity index (χ2v) is 6.91. The third-order valence-electron chi connectivity index (χ3n) is 2.82. The monoisotopic (exact) mass is 334 g/mol. The van der Waals surface area contributed by atoms with Crippen molar-refractivity contribution in [3.63, 3.8) is 0 Å². The predicted octanol–water partition coefficient (Wildman–Crippen LogP) is 1.76. The van der Waals surface area contributed by atoms with Gasteiger partial charge < -0.3 is 11.1 Å². The van der Waals surface area contributed by atoms with Gasteiger partial charge in [-0.3, -0.25) is 4.79 Å². The maximum atomic E-state index is 12.1. The number of benzene rings is 1. The van der Waals surface area contributed by atoms with E-state index in [-0.39, 0.29) is 40.6 Å². The van der Waals surface area contributed by atoms with Crippen LogP contribution in [0.2, 0.25) is 0 Å². The summed E-state index contributed by atoms with van der Waals surface area (Å²) in [6, 6.07) is 6.29. The van der Waals surface area contributed by atoms with Crippen molar-refractivity contribution in [3.8, 4) is 0 Å². The number of nitrogens with one attached hydrogen (secondary N) is 1. The van der Waals surface area contributed by atoms with Crippen LogP contribution in [0.25, 0.3) is 0 Å². The highest BCUT2D eigenvalue weighted by Crippen LogP contribution is 2.17. The fourth-order valence-electron chi connectivity index (χ4n) is 1.81. The van der Waals surface area contributed by atoms with Gasteiger partial charge in [0.2, 0.25) is 0 Å². The Balaban J connectivity index is 0.00000400. The number of hydrogen-bond acceptors (Lipinski definition) is 4. The van der Waals surface area contributed by atoms with Crippen LogP contribution in [0.3, 0.4) is 0 Å². The molecule has 7 heteroatoms. The molecule has 0 aromatic heterocycles. The van der Waals surface area contributed by atoms with E-state index in [4.69, 9.17) is 5.73 Å². The third-order valence-corrected chi connectivity index (χ3v) is 4.80. The first-order chi connectivity index (χ1) is 9.38. The highest BCUT2D eigenvalue weighted by atomic mass is 35.5. The number of amides is 1. The summed E-state index contributed by atoms with van der Waals surface area (Å²) in [5.41, 5.74) is 5.81. The summed E-state index contributed by atoms with van der Waals surface area (Å²) >= 11 is 0. The summed E-state index contributed by atoms with van der Waals surface area (Å²) in [6.45, 7) is 4.08. The molecule has 21 heavy (non-hydrogen) atoms. The number of rotatable bonds is 7. The third kappa shape index (κ3) is 6.03. The van der Waals surface area contributed by atoms with Gasteiger partial charge in [-0.25, -0.2) is 8.42 Å². The second-order valence-electron chi connectivity index (χ2n) is 4.84. The average Bonchev–Trinajstić information content (AvgIpc) is 2.38. The molecule has 0 heterocycles. The van der Waals surface area contributed by atoms with Crippen molar-refractivity contribution in [3.05, 3.63) is 29.8 Å². The summed E-state index contributed by atoms with van der Waals surface area (Å²) in [5, 5.41) is 2.70. The minimum absolute atomic E-state index is 0. The normalized spacial score (nSPS) is 12.3. The Bertz CT molecular complexity index is 559. The van der Waals surface area contributed by atoms with E-state index in [1.807, 2.05) is 6.92 Å². The first-order valence-corrected chi connectivity index (χ1v) is 8.39. The maximum absolute atomic E-state index is 12.1. The van der Waals surface area contributed by atoms with Crippen LogP contribution in [0.5, 0.6) is 0 Å². The van der Waals surface area contributed by atoms with Crippen LogP contribution < -0.4 is 11.1 Å². The molecular weight excluding hydrogens is 312 g/mol. The standard InChI is InChI=1S/C14H22N2O3S.ClH/c1-3-10-20(18,19)13-7-5-4-6-12(13)14(17)16-9-8-11(2)15;/h4-7,11H,3,8-10,15H2,1-2H3,(H,16,17);1H. The van der Waals surface area contributed by atoms with E-state index in [0.717, 1.165) is 0 Å². The van der Waals surface area contributed by atoms with Gasteiger partial charge in [0.25, 0.3) is 5.91 Å². The van der Waals surface area contributed by atoms with Crippen molar-refractivity contribution in [2.24, 2.45) is 5.73 Å².